The summed E-state index contributed by atoms with van der Waals surface area (Å²) in [5.74, 6) is 1.57. The first-order chi connectivity index (χ1) is 8.47. The van der Waals surface area contributed by atoms with E-state index in [1.54, 1.807) is 0 Å². The smallest absolute Gasteiger partial charge is 0.0656 e. The molecule has 3 atom stereocenters. The first-order valence-electron chi connectivity index (χ1n) is 6.79. The van der Waals surface area contributed by atoms with Gasteiger partial charge in [-0.25, -0.2) is 0 Å². The predicted molar refractivity (Wildman–Crippen MR) is 80.2 cm³/mol. The van der Waals surface area contributed by atoms with Crippen molar-refractivity contribution in [3.8, 4) is 0 Å². The minimum absolute atomic E-state index is 0.555. The van der Waals surface area contributed by atoms with E-state index in [-0.39, 0.29) is 0 Å². The molecular weight excluding hydrogens is 244 g/mol. The minimum atomic E-state index is 0.555. The Morgan fingerprint density at radius 2 is 2.00 bits per heavy atom. The highest BCUT2D eigenvalue weighted by Crippen LogP contribution is 2.33. The Bertz CT molecular complexity index is 431. The van der Waals surface area contributed by atoms with Gasteiger partial charge in [-0.3, -0.25) is 0 Å². The zero-order chi connectivity index (χ0) is 13.3. The third kappa shape index (κ3) is 2.92. The second-order valence-electron chi connectivity index (χ2n) is 5.83. The minimum Gasteiger partial charge on any atom is -0.398 e. The molecule has 0 heterocycles. The Balaban J connectivity index is 2.12. The lowest BCUT2D eigenvalue weighted by Crippen LogP contribution is -2.33. The highest BCUT2D eigenvalue weighted by atomic mass is 35.5. The molecule has 0 saturated heterocycles. The lowest BCUT2D eigenvalue weighted by molar-refractivity contribution is 0.276. The summed E-state index contributed by atoms with van der Waals surface area (Å²) >= 11 is 6.10. The maximum Gasteiger partial charge on any atom is 0.0656 e. The molecule has 2 rings (SSSR count). The average Bonchev–Trinajstić information content (AvgIpc) is 2.29. The van der Waals surface area contributed by atoms with Crippen LogP contribution in [0, 0.1) is 18.8 Å². The van der Waals surface area contributed by atoms with Crippen molar-refractivity contribution in [2.24, 2.45) is 11.8 Å². The number of nitrogens with two attached hydrogens (primary N) is 1. The van der Waals surface area contributed by atoms with Crippen molar-refractivity contribution < 1.29 is 0 Å². The quantitative estimate of drug-likeness (QED) is 0.775. The third-order valence-electron chi connectivity index (χ3n) is 4.12. The van der Waals surface area contributed by atoms with Crippen molar-refractivity contribution in [2.75, 3.05) is 11.1 Å². The molecule has 0 radical (unpaired) electrons. The summed E-state index contributed by atoms with van der Waals surface area (Å²) in [5, 5.41) is 4.29. The Morgan fingerprint density at radius 3 is 2.67 bits per heavy atom. The van der Waals surface area contributed by atoms with Crippen molar-refractivity contribution >= 4 is 23.0 Å². The summed E-state index contributed by atoms with van der Waals surface area (Å²) in [6.45, 7) is 6.75. The lowest BCUT2D eigenvalue weighted by Gasteiger charge is -2.34. The molecule has 3 N–H and O–H groups in total. The number of hydrogen-bond acceptors (Lipinski definition) is 2. The van der Waals surface area contributed by atoms with E-state index in [0.717, 1.165) is 11.6 Å². The van der Waals surface area contributed by atoms with Crippen molar-refractivity contribution in [3.05, 3.63) is 22.7 Å². The van der Waals surface area contributed by atoms with Gasteiger partial charge >= 0.3 is 0 Å². The maximum atomic E-state index is 6.10. The summed E-state index contributed by atoms with van der Waals surface area (Å²) in [7, 11) is 0. The van der Waals surface area contributed by atoms with Crippen LogP contribution in [0.25, 0.3) is 0 Å². The summed E-state index contributed by atoms with van der Waals surface area (Å²) in [5.41, 5.74) is 8.76. The van der Waals surface area contributed by atoms with Gasteiger partial charge in [0.2, 0.25) is 0 Å². The van der Waals surface area contributed by atoms with E-state index in [9.17, 15) is 0 Å². The van der Waals surface area contributed by atoms with Crippen LogP contribution in [0.15, 0.2) is 12.1 Å². The van der Waals surface area contributed by atoms with Gasteiger partial charge in [0.1, 0.15) is 0 Å². The molecule has 3 unspecified atom stereocenters. The second-order valence-corrected chi connectivity index (χ2v) is 6.24. The molecule has 1 aliphatic carbocycles. The van der Waals surface area contributed by atoms with Gasteiger partial charge in [0.05, 0.1) is 10.7 Å². The number of nitrogens with one attached hydrogen (secondary N) is 1. The second kappa shape index (κ2) is 5.40. The van der Waals surface area contributed by atoms with Gasteiger partial charge in [-0.1, -0.05) is 25.4 Å². The first kappa shape index (κ1) is 13.5. The molecule has 1 fully saturated rings. The number of nitrogen functional groups attached to an aromatic ring is 1. The fourth-order valence-corrected chi connectivity index (χ4v) is 3.10. The van der Waals surface area contributed by atoms with Crippen LogP contribution in [0.5, 0.6) is 0 Å². The SMILES string of the molecule is Cc1cc(N)c(Cl)cc1NC1CCC(C)CC1C. The molecule has 1 aromatic rings. The number of aryl methyl sites for hydroxylation is 1. The summed E-state index contributed by atoms with van der Waals surface area (Å²) in [4.78, 5) is 0. The van der Waals surface area contributed by atoms with E-state index in [0.29, 0.717) is 22.7 Å². The molecule has 100 valence electrons. The maximum absolute atomic E-state index is 6.10. The van der Waals surface area contributed by atoms with E-state index in [4.69, 9.17) is 17.3 Å². The van der Waals surface area contributed by atoms with Crippen LogP contribution in [0.2, 0.25) is 5.02 Å². The molecule has 0 amide bonds. The standard InChI is InChI=1S/C15H23ClN2/c1-9-4-5-14(10(2)6-9)18-15-8-12(16)13(17)7-11(15)3/h7-10,14,18H,4-6,17H2,1-3H3. The van der Waals surface area contributed by atoms with E-state index >= 15 is 0 Å². The summed E-state index contributed by atoms with van der Waals surface area (Å²) < 4.78 is 0. The third-order valence-corrected chi connectivity index (χ3v) is 4.44. The van der Waals surface area contributed by atoms with Crippen molar-refractivity contribution in [3.63, 3.8) is 0 Å². The van der Waals surface area contributed by atoms with Crippen LogP contribution < -0.4 is 11.1 Å². The van der Waals surface area contributed by atoms with Crippen molar-refractivity contribution in [2.45, 2.75) is 46.1 Å². The highest BCUT2D eigenvalue weighted by Gasteiger charge is 2.25. The van der Waals surface area contributed by atoms with Crippen molar-refractivity contribution in [1.29, 1.82) is 0 Å². The fraction of sp³-hybridized carbons (Fsp3) is 0.600. The topological polar surface area (TPSA) is 38.0 Å². The Kier molecular flexibility index (Phi) is 4.06. The van der Waals surface area contributed by atoms with E-state index < -0.39 is 0 Å². The van der Waals surface area contributed by atoms with Gasteiger partial charge < -0.3 is 11.1 Å². The van der Waals surface area contributed by atoms with Crippen LogP contribution in [0.4, 0.5) is 11.4 Å². The van der Waals surface area contributed by atoms with E-state index in [1.165, 1.54) is 24.8 Å². The Morgan fingerprint density at radius 1 is 1.28 bits per heavy atom. The van der Waals surface area contributed by atoms with E-state index in [1.807, 2.05) is 12.1 Å². The van der Waals surface area contributed by atoms with E-state index in [2.05, 4.69) is 26.1 Å². The molecule has 0 aromatic heterocycles. The van der Waals surface area contributed by atoms with Crippen LogP contribution in [-0.4, -0.2) is 6.04 Å². The van der Waals surface area contributed by atoms with Crippen LogP contribution in [0.1, 0.15) is 38.7 Å². The van der Waals surface area contributed by atoms with Gasteiger partial charge in [-0.15, -0.1) is 0 Å². The number of anilines is 2. The van der Waals surface area contributed by atoms with Gasteiger partial charge in [0.15, 0.2) is 0 Å². The van der Waals surface area contributed by atoms with Crippen molar-refractivity contribution in [1.82, 2.24) is 0 Å². The lowest BCUT2D eigenvalue weighted by atomic mass is 9.80. The molecule has 1 aromatic carbocycles. The van der Waals surface area contributed by atoms with Gasteiger partial charge in [0, 0.05) is 11.7 Å². The van der Waals surface area contributed by atoms with Gasteiger partial charge in [0.25, 0.3) is 0 Å². The highest BCUT2D eigenvalue weighted by molar-refractivity contribution is 6.33. The van der Waals surface area contributed by atoms with Crippen LogP contribution >= 0.6 is 11.6 Å². The number of hydrogen-bond donors (Lipinski definition) is 2. The number of benzene rings is 1. The molecule has 3 heteroatoms. The zero-order valence-corrected chi connectivity index (χ0v) is 12.2. The summed E-state index contributed by atoms with van der Waals surface area (Å²) in [6.07, 6.45) is 3.85. The molecule has 1 saturated carbocycles. The molecule has 0 bridgehead atoms. The Hall–Kier alpha value is -0.890. The largest absolute Gasteiger partial charge is 0.398 e. The van der Waals surface area contributed by atoms with Crippen LogP contribution in [0.3, 0.4) is 0 Å². The van der Waals surface area contributed by atoms with Gasteiger partial charge in [-0.05, 0) is 55.7 Å². The molecule has 18 heavy (non-hydrogen) atoms. The van der Waals surface area contributed by atoms with Crippen LogP contribution in [-0.2, 0) is 0 Å². The number of rotatable bonds is 2. The molecule has 1 aliphatic rings. The average molecular weight is 267 g/mol. The van der Waals surface area contributed by atoms with Gasteiger partial charge in [-0.2, -0.15) is 0 Å². The zero-order valence-electron chi connectivity index (χ0n) is 11.5. The predicted octanol–water partition coefficient (Wildman–Crippen LogP) is 4.47. The normalized spacial score (nSPS) is 28.1. The Labute approximate surface area is 115 Å². The summed E-state index contributed by atoms with van der Waals surface area (Å²) in [6, 6.07) is 4.46. The fourth-order valence-electron chi connectivity index (χ4n) is 2.94. The molecular formula is C15H23ClN2. The molecule has 2 nitrogen and oxygen atoms in total. The number of halogens is 1. The molecule has 0 spiro atoms. The first-order valence-corrected chi connectivity index (χ1v) is 7.17. The monoisotopic (exact) mass is 266 g/mol. The molecule has 0 aliphatic heterocycles.